The molecule has 0 saturated heterocycles. The Morgan fingerprint density at radius 1 is 1.10 bits per heavy atom. The van der Waals surface area contributed by atoms with Gasteiger partial charge in [-0.1, -0.05) is 45.0 Å². The molecule has 0 atom stereocenters. The lowest BCUT2D eigenvalue weighted by molar-refractivity contribution is -0.123. The normalized spacial score (nSPS) is 10.3. The van der Waals surface area contributed by atoms with Crippen molar-refractivity contribution in [3.63, 3.8) is 0 Å². The Labute approximate surface area is 126 Å². The number of hydrogen-bond acceptors (Lipinski definition) is 3. The first kappa shape index (κ1) is 17.0. The van der Waals surface area contributed by atoms with Gasteiger partial charge in [-0.05, 0) is 17.5 Å². The molecule has 0 radical (unpaired) electrons. The zero-order valence-electron chi connectivity index (χ0n) is 12.9. The average Bonchev–Trinajstić information content (AvgIpc) is 2.49. The first-order valence-electron chi connectivity index (χ1n) is 7.29. The van der Waals surface area contributed by atoms with Gasteiger partial charge < -0.3 is 15.4 Å². The fraction of sp³-hybridized carbons (Fsp3) is 0.500. The average molecular weight is 292 g/mol. The molecule has 0 heterocycles. The highest BCUT2D eigenvalue weighted by atomic mass is 16.5. The molecule has 0 saturated carbocycles. The summed E-state index contributed by atoms with van der Waals surface area (Å²) >= 11 is 0. The number of nitrogens with one attached hydrogen (secondary N) is 2. The van der Waals surface area contributed by atoms with E-state index in [-0.39, 0.29) is 18.4 Å². The number of ether oxygens (including phenoxy) is 1. The molecule has 2 N–H and O–H groups in total. The molecule has 2 amide bonds. The summed E-state index contributed by atoms with van der Waals surface area (Å²) in [5, 5.41) is 5.33. The summed E-state index contributed by atoms with van der Waals surface area (Å²) in [6.45, 7) is 6.72. The molecule has 0 aliphatic rings. The van der Waals surface area contributed by atoms with Gasteiger partial charge in [0.15, 0.2) is 0 Å². The van der Waals surface area contributed by atoms with Crippen LogP contribution in [-0.4, -0.2) is 25.1 Å². The molecule has 0 aliphatic carbocycles. The lowest BCUT2D eigenvalue weighted by Gasteiger charge is -2.11. The Balaban J connectivity index is 2.24. The quantitative estimate of drug-likeness (QED) is 0.757. The van der Waals surface area contributed by atoms with Gasteiger partial charge in [0.2, 0.25) is 5.91 Å². The minimum Gasteiger partial charge on any atom is -0.445 e. The van der Waals surface area contributed by atoms with Crippen LogP contribution in [0.5, 0.6) is 0 Å². The van der Waals surface area contributed by atoms with Crippen molar-refractivity contribution in [1.29, 1.82) is 0 Å². The van der Waals surface area contributed by atoms with Crippen LogP contribution < -0.4 is 10.6 Å². The van der Waals surface area contributed by atoms with E-state index >= 15 is 0 Å². The molecule has 1 aromatic carbocycles. The van der Waals surface area contributed by atoms with Crippen LogP contribution in [-0.2, 0) is 22.6 Å². The highest BCUT2D eigenvalue weighted by Gasteiger charge is 2.07. The maximum Gasteiger partial charge on any atom is 0.407 e. The number of aryl methyl sites for hydroxylation is 1. The lowest BCUT2D eigenvalue weighted by atomic mass is 10.1. The third-order valence-electron chi connectivity index (χ3n) is 3.08. The van der Waals surface area contributed by atoms with Crippen molar-refractivity contribution in [2.75, 3.05) is 13.1 Å². The highest BCUT2D eigenvalue weighted by Crippen LogP contribution is 2.10. The van der Waals surface area contributed by atoms with Crippen LogP contribution in [0.2, 0.25) is 0 Å². The van der Waals surface area contributed by atoms with E-state index in [1.54, 1.807) is 0 Å². The lowest BCUT2D eigenvalue weighted by Crippen LogP contribution is -2.36. The van der Waals surface area contributed by atoms with Crippen LogP contribution in [0, 0.1) is 5.92 Å². The minimum atomic E-state index is -0.472. The first-order valence-corrected chi connectivity index (χ1v) is 7.29. The van der Waals surface area contributed by atoms with Crippen LogP contribution in [0.3, 0.4) is 0 Å². The predicted octanol–water partition coefficient (Wildman–Crippen LogP) is 2.25. The zero-order valence-corrected chi connectivity index (χ0v) is 12.9. The molecule has 0 fully saturated rings. The summed E-state index contributed by atoms with van der Waals surface area (Å²) in [5.74, 6) is -0.0791. The molecule has 0 unspecified atom stereocenters. The Bertz CT molecular complexity index is 472. The molecule has 0 spiro atoms. The van der Waals surface area contributed by atoms with Crippen molar-refractivity contribution >= 4 is 12.0 Å². The molecule has 0 aliphatic heterocycles. The van der Waals surface area contributed by atoms with Crippen LogP contribution in [0.25, 0.3) is 0 Å². The van der Waals surface area contributed by atoms with E-state index in [1.165, 1.54) is 5.56 Å². The van der Waals surface area contributed by atoms with E-state index in [9.17, 15) is 9.59 Å². The third-order valence-corrected chi connectivity index (χ3v) is 3.08. The number of amides is 2. The van der Waals surface area contributed by atoms with Crippen LogP contribution >= 0.6 is 0 Å². The molecule has 0 bridgehead atoms. The molecule has 116 valence electrons. The van der Waals surface area contributed by atoms with E-state index in [0.717, 1.165) is 12.0 Å². The van der Waals surface area contributed by atoms with E-state index in [0.29, 0.717) is 13.1 Å². The molecular formula is C16H24N2O3. The van der Waals surface area contributed by atoms with Gasteiger partial charge in [-0.15, -0.1) is 0 Å². The van der Waals surface area contributed by atoms with E-state index in [4.69, 9.17) is 4.74 Å². The van der Waals surface area contributed by atoms with Crippen LogP contribution in [0.4, 0.5) is 4.79 Å². The fourth-order valence-corrected chi connectivity index (χ4v) is 1.79. The van der Waals surface area contributed by atoms with Crippen molar-refractivity contribution < 1.29 is 14.3 Å². The van der Waals surface area contributed by atoms with Gasteiger partial charge in [-0.3, -0.25) is 4.79 Å². The van der Waals surface area contributed by atoms with Crippen molar-refractivity contribution in [1.82, 2.24) is 10.6 Å². The molecule has 0 aromatic heterocycles. The molecule has 5 nitrogen and oxygen atoms in total. The summed E-state index contributed by atoms with van der Waals surface area (Å²) in [7, 11) is 0. The SMILES string of the molecule is CCc1ccccc1COC(=O)NCCNC(=O)C(C)C. The summed E-state index contributed by atoms with van der Waals surface area (Å²) < 4.78 is 5.16. The second-order valence-electron chi connectivity index (χ2n) is 5.07. The summed E-state index contributed by atoms with van der Waals surface area (Å²) in [5.41, 5.74) is 2.19. The number of alkyl carbamates (subject to hydrolysis) is 1. The maximum absolute atomic E-state index is 11.5. The topological polar surface area (TPSA) is 67.4 Å². The maximum atomic E-state index is 11.5. The second kappa shape index (κ2) is 9.00. The van der Waals surface area contributed by atoms with Gasteiger partial charge in [-0.2, -0.15) is 0 Å². The summed E-state index contributed by atoms with van der Waals surface area (Å²) in [6.07, 6.45) is 0.433. The summed E-state index contributed by atoms with van der Waals surface area (Å²) in [6, 6.07) is 7.88. The highest BCUT2D eigenvalue weighted by molar-refractivity contribution is 5.77. The third kappa shape index (κ3) is 6.29. The van der Waals surface area contributed by atoms with Gasteiger partial charge in [-0.25, -0.2) is 4.79 Å². The number of rotatable bonds is 7. The molecule has 1 aromatic rings. The number of carbonyl (C=O) groups is 2. The molecular weight excluding hydrogens is 268 g/mol. The zero-order chi connectivity index (χ0) is 15.7. The van der Waals surface area contributed by atoms with E-state index in [1.807, 2.05) is 38.1 Å². The van der Waals surface area contributed by atoms with Gasteiger partial charge in [0.25, 0.3) is 0 Å². The van der Waals surface area contributed by atoms with Crippen molar-refractivity contribution in [3.8, 4) is 0 Å². The van der Waals surface area contributed by atoms with Crippen LogP contribution in [0.1, 0.15) is 31.9 Å². The van der Waals surface area contributed by atoms with Crippen LogP contribution in [0.15, 0.2) is 24.3 Å². The second-order valence-corrected chi connectivity index (χ2v) is 5.07. The molecule has 21 heavy (non-hydrogen) atoms. The minimum absolute atomic E-state index is 0.0259. The van der Waals surface area contributed by atoms with Crippen molar-refractivity contribution in [3.05, 3.63) is 35.4 Å². The standard InChI is InChI=1S/C16H24N2O3/c1-4-13-7-5-6-8-14(13)11-21-16(20)18-10-9-17-15(19)12(2)3/h5-8,12H,4,9-11H2,1-3H3,(H,17,19)(H,18,20). The Morgan fingerprint density at radius 3 is 2.33 bits per heavy atom. The van der Waals surface area contributed by atoms with Gasteiger partial charge in [0.1, 0.15) is 6.61 Å². The Morgan fingerprint density at radius 2 is 1.71 bits per heavy atom. The van der Waals surface area contributed by atoms with Gasteiger partial charge in [0, 0.05) is 19.0 Å². The number of hydrogen-bond donors (Lipinski definition) is 2. The molecule has 5 heteroatoms. The Hall–Kier alpha value is -2.04. The largest absolute Gasteiger partial charge is 0.445 e. The predicted molar refractivity (Wildman–Crippen MR) is 81.9 cm³/mol. The number of carbonyl (C=O) groups excluding carboxylic acids is 2. The van der Waals surface area contributed by atoms with Crippen molar-refractivity contribution in [2.24, 2.45) is 5.92 Å². The van der Waals surface area contributed by atoms with E-state index < -0.39 is 6.09 Å². The smallest absolute Gasteiger partial charge is 0.407 e. The number of benzene rings is 1. The first-order chi connectivity index (χ1) is 10.0. The monoisotopic (exact) mass is 292 g/mol. The van der Waals surface area contributed by atoms with Crippen molar-refractivity contribution in [2.45, 2.75) is 33.8 Å². The van der Waals surface area contributed by atoms with E-state index in [2.05, 4.69) is 17.6 Å². The molecule has 1 rings (SSSR count). The Kier molecular flexibility index (Phi) is 7.29. The summed E-state index contributed by atoms with van der Waals surface area (Å²) in [4.78, 5) is 22.9. The van der Waals surface area contributed by atoms with Gasteiger partial charge >= 0.3 is 6.09 Å². The van der Waals surface area contributed by atoms with Gasteiger partial charge in [0.05, 0.1) is 0 Å². The fourth-order valence-electron chi connectivity index (χ4n) is 1.79.